The summed E-state index contributed by atoms with van der Waals surface area (Å²) in [6, 6.07) is 3.31. The van der Waals surface area contributed by atoms with E-state index in [2.05, 4.69) is 20.6 Å². The summed E-state index contributed by atoms with van der Waals surface area (Å²) in [5.41, 5.74) is 1.10. The van der Waals surface area contributed by atoms with Crippen LogP contribution in [-0.2, 0) is 9.59 Å². The van der Waals surface area contributed by atoms with Gasteiger partial charge >= 0.3 is 11.8 Å². The van der Waals surface area contributed by atoms with Crippen LogP contribution in [0, 0.1) is 0 Å². The molecule has 2 heterocycles. The smallest absolute Gasteiger partial charge is 0.314 e. The normalized spacial score (nSPS) is 9.75. The maximum atomic E-state index is 11.4. The molecular weight excluding hydrogens is 208 g/mol. The molecule has 6 nitrogen and oxygen atoms in total. The highest BCUT2D eigenvalue weighted by molar-refractivity contribution is 6.43. The summed E-state index contributed by atoms with van der Waals surface area (Å²) in [5.74, 6) is -1.42. The van der Waals surface area contributed by atoms with Gasteiger partial charge in [0.2, 0.25) is 0 Å². The molecule has 0 bridgehead atoms. The highest BCUT2D eigenvalue weighted by Gasteiger charge is 2.13. The van der Waals surface area contributed by atoms with E-state index in [1.807, 2.05) is 0 Å². The van der Waals surface area contributed by atoms with Crippen LogP contribution in [0.4, 0.5) is 11.4 Å². The molecule has 0 aliphatic heterocycles. The number of aromatic nitrogens is 2. The van der Waals surface area contributed by atoms with Gasteiger partial charge < -0.3 is 20.6 Å². The van der Waals surface area contributed by atoms with Gasteiger partial charge in [0.15, 0.2) is 0 Å². The van der Waals surface area contributed by atoms with Gasteiger partial charge in [0.1, 0.15) is 0 Å². The Morgan fingerprint density at radius 2 is 1.31 bits per heavy atom. The van der Waals surface area contributed by atoms with Crippen molar-refractivity contribution < 1.29 is 9.59 Å². The third-order valence-electron chi connectivity index (χ3n) is 1.92. The maximum absolute atomic E-state index is 11.4. The van der Waals surface area contributed by atoms with Crippen molar-refractivity contribution in [2.45, 2.75) is 0 Å². The lowest BCUT2D eigenvalue weighted by molar-refractivity contribution is -0.132. The zero-order chi connectivity index (χ0) is 11.4. The van der Waals surface area contributed by atoms with Gasteiger partial charge in [-0.15, -0.1) is 0 Å². The third-order valence-corrected chi connectivity index (χ3v) is 1.92. The van der Waals surface area contributed by atoms with Crippen molar-refractivity contribution in [2.24, 2.45) is 0 Å². The summed E-state index contributed by atoms with van der Waals surface area (Å²) >= 11 is 0. The van der Waals surface area contributed by atoms with E-state index in [-0.39, 0.29) is 0 Å². The average Bonchev–Trinajstić information content (AvgIpc) is 2.90. The monoisotopic (exact) mass is 218 g/mol. The van der Waals surface area contributed by atoms with Crippen molar-refractivity contribution in [3.63, 3.8) is 0 Å². The molecule has 4 N–H and O–H groups in total. The lowest BCUT2D eigenvalue weighted by Gasteiger charge is -2.02. The standard InChI is InChI=1S/C10H10N4O2/c15-9(13-7-1-3-11-5-7)10(16)14-8-2-4-12-6-8/h1-6,11-12H,(H,13,15)(H,14,16). The molecule has 0 radical (unpaired) electrons. The van der Waals surface area contributed by atoms with Gasteiger partial charge in [-0.1, -0.05) is 0 Å². The van der Waals surface area contributed by atoms with E-state index in [4.69, 9.17) is 0 Å². The first-order valence-electron chi connectivity index (χ1n) is 4.63. The Labute approximate surface area is 91.1 Å². The topological polar surface area (TPSA) is 89.8 Å². The van der Waals surface area contributed by atoms with Crippen LogP contribution in [0.1, 0.15) is 0 Å². The largest absolute Gasteiger partial charge is 0.366 e. The molecule has 82 valence electrons. The Balaban J connectivity index is 1.92. The van der Waals surface area contributed by atoms with Crippen molar-refractivity contribution in [3.8, 4) is 0 Å². The molecule has 0 saturated carbocycles. The van der Waals surface area contributed by atoms with Gasteiger partial charge in [-0.05, 0) is 12.1 Å². The van der Waals surface area contributed by atoms with Crippen LogP contribution in [0.15, 0.2) is 36.9 Å². The Kier molecular flexibility index (Phi) is 2.73. The van der Waals surface area contributed by atoms with Crippen LogP contribution in [0.25, 0.3) is 0 Å². The molecule has 6 heteroatoms. The second-order valence-electron chi connectivity index (χ2n) is 3.11. The molecule has 0 aliphatic carbocycles. The molecule has 0 aromatic carbocycles. The minimum atomic E-state index is -0.708. The van der Waals surface area contributed by atoms with E-state index in [1.54, 1.807) is 36.9 Å². The summed E-state index contributed by atoms with van der Waals surface area (Å²) in [7, 11) is 0. The molecule has 2 aromatic rings. The molecule has 2 rings (SSSR count). The summed E-state index contributed by atoms with van der Waals surface area (Å²) in [6.07, 6.45) is 6.47. The summed E-state index contributed by atoms with van der Waals surface area (Å²) < 4.78 is 0. The molecule has 2 amide bonds. The Bertz CT molecular complexity index is 427. The van der Waals surface area contributed by atoms with Crippen molar-refractivity contribution in [3.05, 3.63) is 36.9 Å². The van der Waals surface area contributed by atoms with Crippen molar-refractivity contribution in [1.29, 1.82) is 0 Å². The number of rotatable bonds is 2. The lowest BCUT2D eigenvalue weighted by Crippen LogP contribution is -2.28. The fourth-order valence-corrected chi connectivity index (χ4v) is 1.18. The van der Waals surface area contributed by atoms with Crippen LogP contribution >= 0.6 is 0 Å². The fourth-order valence-electron chi connectivity index (χ4n) is 1.18. The van der Waals surface area contributed by atoms with Crippen LogP contribution in [0.2, 0.25) is 0 Å². The van der Waals surface area contributed by atoms with Gasteiger partial charge in [-0.2, -0.15) is 0 Å². The zero-order valence-corrected chi connectivity index (χ0v) is 8.28. The van der Waals surface area contributed by atoms with Crippen molar-refractivity contribution >= 4 is 23.2 Å². The number of carbonyl (C=O) groups excluding carboxylic acids is 2. The van der Waals surface area contributed by atoms with Gasteiger partial charge in [-0.3, -0.25) is 9.59 Å². The number of amides is 2. The van der Waals surface area contributed by atoms with Crippen molar-refractivity contribution in [2.75, 3.05) is 10.6 Å². The Hall–Kier alpha value is -2.50. The molecule has 0 spiro atoms. The maximum Gasteiger partial charge on any atom is 0.314 e. The van der Waals surface area contributed by atoms with Gasteiger partial charge in [-0.25, -0.2) is 0 Å². The van der Waals surface area contributed by atoms with Gasteiger partial charge in [0.05, 0.1) is 11.4 Å². The zero-order valence-electron chi connectivity index (χ0n) is 8.28. The Morgan fingerprint density at radius 1 is 0.875 bits per heavy atom. The molecule has 0 saturated heterocycles. The van der Waals surface area contributed by atoms with E-state index < -0.39 is 11.8 Å². The molecule has 0 atom stereocenters. The average molecular weight is 218 g/mol. The highest BCUT2D eigenvalue weighted by Crippen LogP contribution is 2.05. The molecule has 0 fully saturated rings. The van der Waals surface area contributed by atoms with Gasteiger partial charge in [0, 0.05) is 24.8 Å². The highest BCUT2D eigenvalue weighted by atomic mass is 16.2. The fraction of sp³-hybridized carbons (Fsp3) is 0. The summed E-state index contributed by atoms with van der Waals surface area (Å²) in [6.45, 7) is 0. The minimum absolute atomic E-state index is 0.550. The predicted molar refractivity (Wildman–Crippen MR) is 58.8 cm³/mol. The first-order valence-corrected chi connectivity index (χ1v) is 4.63. The number of nitrogens with one attached hydrogen (secondary N) is 4. The van der Waals surface area contributed by atoms with Crippen LogP contribution < -0.4 is 10.6 Å². The second-order valence-corrected chi connectivity index (χ2v) is 3.11. The van der Waals surface area contributed by atoms with Crippen molar-refractivity contribution in [1.82, 2.24) is 9.97 Å². The first-order chi connectivity index (χ1) is 7.75. The number of carbonyl (C=O) groups is 2. The molecule has 0 aliphatic rings. The minimum Gasteiger partial charge on any atom is -0.366 e. The van der Waals surface area contributed by atoms with Crippen LogP contribution in [0.3, 0.4) is 0 Å². The van der Waals surface area contributed by atoms with Crippen LogP contribution in [-0.4, -0.2) is 21.8 Å². The lowest BCUT2D eigenvalue weighted by atomic mass is 10.4. The number of hydrogen-bond donors (Lipinski definition) is 4. The molecule has 2 aromatic heterocycles. The Morgan fingerprint density at radius 3 is 1.62 bits per heavy atom. The molecule has 16 heavy (non-hydrogen) atoms. The first kappa shape index (κ1) is 10.0. The second kappa shape index (κ2) is 4.35. The number of H-pyrrole nitrogens is 2. The van der Waals surface area contributed by atoms with E-state index in [0.717, 1.165) is 0 Å². The quantitative estimate of drug-likeness (QED) is 0.564. The third kappa shape index (κ3) is 2.30. The van der Waals surface area contributed by atoms with E-state index in [0.29, 0.717) is 11.4 Å². The van der Waals surface area contributed by atoms with E-state index in [9.17, 15) is 9.59 Å². The van der Waals surface area contributed by atoms with Gasteiger partial charge in [0.25, 0.3) is 0 Å². The molecular formula is C10H10N4O2. The number of hydrogen-bond acceptors (Lipinski definition) is 2. The van der Waals surface area contributed by atoms with Crippen LogP contribution in [0.5, 0.6) is 0 Å². The number of aromatic amines is 2. The van der Waals surface area contributed by atoms with E-state index >= 15 is 0 Å². The van der Waals surface area contributed by atoms with E-state index in [1.165, 1.54) is 0 Å². The SMILES string of the molecule is O=C(Nc1cc[nH]c1)C(=O)Nc1cc[nH]c1. The number of anilines is 2. The summed E-state index contributed by atoms with van der Waals surface area (Å²) in [5, 5.41) is 4.88. The predicted octanol–water partition coefficient (Wildman–Crippen LogP) is 0.920. The summed E-state index contributed by atoms with van der Waals surface area (Å²) in [4.78, 5) is 28.3. The molecule has 0 unspecified atom stereocenters.